The Balaban J connectivity index is 1.80. The average molecular weight is 370 g/mol. The number of nitrogens with zero attached hydrogens (tertiary/aromatic N) is 2. The molecule has 0 aromatic heterocycles. The van der Waals surface area contributed by atoms with Crippen LogP contribution in [0.3, 0.4) is 0 Å². The molecule has 6 nitrogen and oxygen atoms in total. The molecule has 1 aromatic carbocycles. The van der Waals surface area contributed by atoms with Crippen molar-refractivity contribution in [2.24, 2.45) is 4.99 Å². The predicted octanol–water partition coefficient (Wildman–Crippen LogP) is 1.000. The van der Waals surface area contributed by atoms with Crippen LogP contribution in [-0.4, -0.2) is 63.5 Å². The smallest absolute Gasteiger partial charge is 0.191 e. The van der Waals surface area contributed by atoms with Crippen molar-refractivity contribution >= 4 is 15.8 Å². The van der Waals surface area contributed by atoms with Crippen molar-refractivity contribution in [1.29, 1.82) is 0 Å². The first-order valence-electron chi connectivity index (χ1n) is 8.56. The number of likely N-dealkylation sites (N-methyl/N-ethyl adjacent to an activating group) is 1. The molecule has 2 rings (SSSR count). The van der Waals surface area contributed by atoms with Crippen LogP contribution in [0.15, 0.2) is 29.3 Å². The number of guanidine groups is 1. The molecule has 8 heteroatoms. The van der Waals surface area contributed by atoms with Crippen LogP contribution in [0.1, 0.15) is 18.9 Å². The third-order valence-electron chi connectivity index (χ3n) is 4.03. The predicted molar refractivity (Wildman–Crippen MR) is 98.9 cm³/mol. The minimum atomic E-state index is -2.91. The Morgan fingerprint density at radius 2 is 2.08 bits per heavy atom. The first kappa shape index (κ1) is 19.7. The van der Waals surface area contributed by atoms with E-state index in [2.05, 4.69) is 20.5 Å². The third kappa shape index (κ3) is 6.99. The zero-order valence-corrected chi connectivity index (χ0v) is 15.7. The Labute approximate surface area is 149 Å². The standard InChI is InChI=1S/C17H27FN4O2S/c1-3-19-17(21-16-8-11-25(23,24)13-16)20-9-10-22(2)12-14-4-6-15(18)7-5-14/h4-7,16H,3,8-13H2,1-2H3,(H2,19,20,21). The molecule has 0 aliphatic carbocycles. The fourth-order valence-corrected chi connectivity index (χ4v) is 4.41. The summed E-state index contributed by atoms with van der Waals surface area (Å²) < 4.78 is 36.0. The number of benzene rings is 1. The topological polar surface area (TPSA) is 73.8 Å². The zero-order chi connectivity index (χ0) is 18.3. The summed E-state index contributed by atoms with van der Waals surface area (Å²) in [6.45, 7) is 4.75. The van der Waals surface area contributed by atoms with Crippen LogP contribution in [0.5, 0.6) is 0 Å². The number of rotatable bonds is 7. The molecule has 1 aromatic rings. The molecule has 1 saturated heterocycles. The molecule has 0 spiro atoms. The zero-order valence-electron chi connectivity index (χ0n) is 14.8. The molecule has 1 atom stereocenters. The number of sulfone groups is 1. The van der Waals surface area contributed by atoms with Gasteiger partial charge in [0.15, 0.2) is 15.8 Å². The maximum atomic E-state index is 12.9. The summed E-state index contributed by atoms with van der Waals surface area (Å²) in [6, 6.07) is 6.41. The van der Waals surface area contributed by atoms with Gasteiger partial charge in [-0.2, -0.15) is 0 Å². The molecule has 1 heterocycles. The van der Waals surface area contributed by atoms with Gasteiger partial charge < -0.3 is 15.5 Å². The van der Waals surface area contributed by atoms with Crippen molar-refractivity contribution in [1.82, 2.24) is 15.5 Å². The fourth-order valence-electron chi connectivity index (χ4n) is 2.74. The van der Waals surface area contributed by atoms with Crippen LogP contribution >= 0.6 is 0 Å². The van der Waals surface area contributed by atoms with Gasteiger partial charge in [-0.1, -0.05) is 12.1 Å². The van der Waals surface area contributed by atoms with Gasteiger partial charge in [0.05, 0.1) is 18.1 Å². The van der Waals surface area contributed by atoms with E-state index >= 15 is 0 Å². The Bertz CT molecular complexity index is 676. The van der Waals surface area contributed by atoms with Gasteiger partial charge in [0, 0.05) is 25.7 Å². The third-order valence-corrected chi connectivity index (χ3v) is 5.80. The first-order valence-corrected chi connectivity index (χ1v) is 10.4. The lowest BCUT2D eigenvalue weighted by atomic mass is 10.2. The number of hydrogen-bond donors (Lipinski definition) is 2. The van der Waals surface area contributed by atoms with E-state index < -0.39 is 9.84 Å². The number of halogens is 1. The summed E-state index contributed by atoms with van der Waals surface area (Å²) in [7, 11) is -0.919. The maximum Gasteiger partial charge on any atom is 0.191 e. The van der Waals surface area contributed by atoms with Crippen LogP contribution in [-0.2, 0) is 16.4 Å². The van der Waals surface area contributed by atoms with E-state index in [1.807, 2.05) is 14.0 Å². The van der Waals surface area contributed by atoms with Crippen LogP contribution in [0, 0.1) is 5.82 Å². The molecular weight excluding hydrogens is 343 g/mol. The van der Waals surface area contributed by atoms with Gasteiger partial charge in [-0.3, -0.25) is 4.99 Å². The summed E-state index contributed by atoms with van der Waals surface area (Å²) in [5, 5.41) is 6.35. The molecule has 1 aliphatic rings. The molecule has 0 radical (unpaired) electrons. The van der Waals surface area contributed by atoms with E-state index in [1.165, 1.54) is 12.1 Å². The summed E-state index contributed by atoms with van der Waals surface area (Å²) in [4.78, 5) is 6.63. The molecular formula is C17H27FN4O2S. The largest absolute Gasteiger partial charge is 0.357 e. The molecule has 0 amide bonds. The number of aliphatic imine (C=N–C) groups is 1. The second kappa shape index (κ2) is 9.15. The lowest BCUT2D eigenvalue weighted by molar-refractivity contribution is 0.336. The fraction of sp³-hybridized carbons (Fsp3) is 0.588. The van der Waals surface area contributed by atoms with Crippen molar-refractivity contribution in [3.05, 3.63) is 35.6 Å². The van der Waals surface area contributed by atoms with E-state index in [4.69, 9.17) is 0 Å². The maximum absolute atomic E-state index is 12.9. The molecule has 1 fully saturated rings. The summed E-state index contributed by atoms with van der Waals surface area (Å²) in [5.41, 5.74) is 1.05. The summed E-state index contributed by atoms with van der Waals surface area (Å²) >= 11 is 0. The Hall–Kier alpha value is -1.67. The molecule has 0 saturated carbocycles. The van der Waals surface area contributed by atoms with Gasteiger partial charge >= 0.3 is 0 Å². The van der Waals surface area contributed by atoms with E-state index in [1.54, 1.807) is 12.1 Å². The summed E-state index contributed by atoms with van der Waals surface area (Å²) in [6.07, 6.45) is 0.622. The molecule has 2 N–H and O–H groups in total. The van der Waals surface area contributed by atoms with Gasteiger partial charge in [0.25, 0.3) is 0 Å². The Morgan fingerprint density at radius 1 is 1.36 bits per heavy atom. The van der Waals surface area contributed by atoms with Crippen molar-refractivity contribution in [3.8, 4) is 0 Å². The molecule has 1 unspecified atom stereocenters. The highest BCUT2D eigenvalue weighted by Crippen LogP contribution is 2.11. The normalized spacial score (nSPS) is 20.0. The number of nitrogens with one attached hydrogen (secondary N) is 2. The van der Waals surface area contributed by atoms with E-state index in [0.717, 1.165) is 25.2 Å². The van der Waals surface area contributed by atoms with E-state index in [0.29, 0.717) is 18.9 Å². The second-order valence-corrected chi connectivity index (χ2v) is 8.60. The van der Waals surface area contributed by atoms with Crippen LogP contribution in [0.4, 0.5) is 4.39 Å². The van der Waals surface area contributed by atoms with Gasteiger partial charge in [-0.15, -0.1) is 0 Å². The molecule has 0 bridgehead atoms. The molecule has 25 heavy (non-hydrogen) atoms. The highest BCUT2D eigenvalue weighted by atomic mass is 32.2. The SMILES string of the molecule is CCNC(=NCCN(C)Cc1ccc(F)cc1)NC1CCS(=O)(=O)C1. The Kier molecular flexibility index (Phi) is 7.19. The average Bonchev–Trinajstić information content (AvgIpc) is 2.88. The molecule has 1 aliphatic heterocycles. The van der Waals surface area contributed by atoms with Crippen molar-refractivity contribution < 1.29 is 12.8 Å². The Morgan fingerprint density at radius 3 is 2.68 bits per heavy atom. The van der Waals surface area contributed by atoms with Gasteiger partial charge in [-0.25, -0.2) is 12.8 Å². The van der Waals surface area contributed by atoms with Crippen molar-refractivity contribution in [2.75, 3.05) is 38.2 Å². The highest BCUT2D eigenvalue weighted by molar-refractivity contribution is 7.91. The van der Waals surface area contributed by atoms with Crippen molar-refractivity contribution in [2.45, 2.75) is 25.9 Å². The minimum absolute atomic E-state index is 0.0697. The van der Waals surface area contributed by atoms with Gasteiger partial charge in [0.2, 0.25) is 0 Å². The monoisotopic (exact) mass is 370 g/mol. The lowest BCUT2D eigenvalue weighted by Gasteiger charge is -2.18. The molecule has 140 valence electrons. The quantitative estimate of drug-likeness (QED) is 0.553. The lowest BCUT2D eigenvalue weighted by Crippen LogP contribution is -2.44. The highest BCUT2D eigenvalue weighted by Gasteiger charge is 2.28. The van der Waals surface area contributed by atoms with Gasteiger partial charge in [0.1, 0.15) is 5.82 Å². The van der Waals surface area contributed by atoms with Gasteiger partial charge in [-0.05, 0) is 38.1 Å². The first-order chi connectivity index (χ1) is 11.9. The van der Waals surface area contributed by atoms with E-state index in [9.17, 15) is 12.8 Å². The van der Waals surface area contributed by atoms with Crippen LogP contribution < -0.4 is 10.6 Å². The second-order valence-electron chi connectivity index (χ2n) is 6.37. The minimum Gasteiger partial charge on any atom is -0.357 e. The van der Waals surface area contributed by atoms with Crippen LogP contribution in [0.2, 0.25) is 0 Å². The number of hydrogen-bond acceptors (Lipinski definition) is 4. The van der Waals surface area contributed by atoms with Crippen molar-refractivity contribution in [3.63, 3.8) is 0 Å². The van der Waals surface area contributed by atoms with Crippen LogP contribution in [0.25, 0.3) is 0 Å². The summed E-state index contributed by atoms with van der Waals surface area (Å²) in [5.74, 6) is 0.831. The van der Waals surface area contributed by atoms with E-state index in [-0.39, 0.29) is 23.4 Å².